The number of rotatable bonds is 0. The molecule has 2 N–H and O–H groups in total. The molecule has 0 unspecified atom stereocenters. The van der Waals surface area contributed by atoms with E-state index in [0.717, 1.165) is 6.07 Å². The van der Waals surface area contributed by atoms with Crippen molar-refractivity contribution < 1.29 is 8.78 Å². The second-order valence-corrected chi connectivity index (χ2v) is 3.53. The Hall–Kier alpha value is -2.34. The first-order valence-electron chi connectivity index (χ1n) is 4.97. The van der Waals surface area contributed by atoms with Crippen LogP contribution in [0.4, 0.5) is 14.5 Å². The maximum atomic E-state index is 12.9. The molecule has 0 spiro atoms. The summed E-state index contributed by atoms with van der Waals surface area (Å²) in [5.74, 6) is 4.20. The fraction of sp³-hybridized carbons (Fsp3) is 0. The number of nitrogen functional groups attached to an aromatic ring is 1. The monoisotopic (exact) mass is 229 g/mol. The molecule has 0 aliphatic carbocycles. The molecule has 0 bridgehead atoms. The van der Waals surface area contributed by atoms with E-state index in [1.54, 1.807) is 24.3 Å². The highest BCUT2D eigenvalue weighted by Gasteiger charge is 1.97. The van der Waals surface area contributed by atoms with Crippen LogP contribution in [0.25, 0.3) is 0 Å². The molecule has 0 radical (unpaired) electrons. The summed E-state index contributed by atoms with van der Waals surface area (Å²) in [6, 6.07) is 10.2. The van der Waals surface area contributed by atoms with Crippen molar-refractivity contribution in [2.75, 3.05) is 5.73 Å². The average molecular weight is 229 g/mol. The second kappa shape index (κ2) is 4.67. The van der Waals surface area contributed by atoms with Crippen LogP contribution >= 0.6 is 0 Å². The number of anilines is 1. The van der Waals surface area contributed by atoms with Crippen molar-refractivity contribution in [3.05, 3.63) is 65.2 Å². The Morgan fingerprint density at radius 2 is 1.47 bits per heavy atom. The predicted molar refractivity (Wildman–Crippen MR) is 63.2 cm³/mol. The van der Waals surface area contributed by atoms with E-state index in [1.807, 2.05) is 0 Å². The van der Waals surface area contributed by atoms with Crippen LogP contribution in [0.3, 0.4) is 0 Å². The van der Waals surface area contributed by atoms with E-state index in [-0.39, 0.29) is 0 Å². The summed E-state index contributed by atoms with van der Waals surface area (Å²) in [7, 11) is 0. The minimum Gasteiger partial charge on any atom is -0.399 e. The fourth-order valence-corrected chi connectivity index (χ4v) is 1.39. The first kappa shape index (κ1) is 11.2. The third kappa shape index (κ3) is 3.05. The van der Waals surface area contributed by atoms with Gasteiger partial charge in [0.1, 0.15) is 11.6 Å². The van der Waals surface area contributed by atoms with Gasteiger partial charge in [0.25, 0.3) is 0 Å². The number of nitrogens with two attached hydrogens (primary N) is 1. The standard InChI is InChI=1S/C14H9F2N/c15-12-6-11(7-13(16)9-12)5-4-10-2-1-3-14(17)8-10/h1-3,6-9H,17H2. The highest BCUT2D eigenvalue weighted by atomic mass is 19.1. The summed E-state index contributed by atoms with van der Waals surface area (Å²) in [6.45, 7) is 0. The lowest BCUT2D eigenvalue weighted by molar-refractivity contribution is 0.582. The van der Waals surface area contributed by atoms with Crippen molar-refractivity contribution in [2.24, 2.45) is 0 Å². The minimum atomic E-state index is -0.637. The van der Waals surface area contributed by atoms with E-state index < -0.39 is 11.6 Å². The Bertz CT molecular complexity index is 589. The van der Waals surface area contributed by atoms with Crippen LogP contribution in [0.15, 0.2) is 42.5 Å². The zero-order chi connectivity index (χ0) is 12.3. The number of benzene rings is 2. The zero-order valence-corrected chi connectivity index (χ0v) is 8.87. The van der Waals surface area contributed by atoms with Crippen LogP contribution < -0.4 is 5.73 Å². The van der Waals surface area contributed by atoms with Gasteiger partial charge in [-0.3, -0.25) is 0 Å². The molecular formula is C14H9F2N. The van der Waals surface area contributed by atoms with Crippen molar-refractivity contribution in [2.45, 2.75) is 0 Å². The topological polar surface area (TPSA) is 26.0 Å². The first-order chi connectivity index (χ1) is 8.13. The van der Waals surface area contributed by atoms with Crippen molar-refractivity contribution in [1.29, 1.82) is 0 Å². The summed E-state index contributed by atoms with van der Waals surface area (Å²) in [6.07, 6.45) is 0. The van der Waals surface area contributed by atoms with Gasteiger partial charge >= 0.3 is 0 Å². The van der Waals surface area contributed by atoms with Gasteiger partial charge in [-0.25, -0.2) is 8.78 Å². The van der Waals surface area contributed by atoms with E-state index in [1.165, 1.54) is 12.1 Å². The Balaban J connectivity index is 2.32. The molecule has 0 heterocycles. The van der Waals surface area contributed by atoms with Crippen molar-refractivity contribution in [3.63, 3.8) is 0 Å². The van der Waals surface area contributed by atoms with Gasteiger partial charge in [-0.1, -0.05) is 17.9 Å². The van der Waals surface area contributed by atoms with Gasteiger partial charge in [0, 0.05) is 22.9 Å². The third-order valence-electron chi connectivity index (χ3n) is 2.10. The quantitative estimate of drug-likeness (QED) is 0.545. The van der Waals surface area contributed by atoms with Gasteiger partial charge in [0.05, 0.1) is 0 Å². The molecule has 84 valence electrons. The normalized spacial score (nSPS) is 9.53. The minimum absolute atomic E-state index is 0.296. The van der Waals surface area contributed by atoms with Gasteiger partial charge < -0.3 is 5.73 Å². The molecule has 0 aliphatic rings. The molecule has 2 rings (SSSR count). The molecule has 0 amide bonds. The molecule has 0 aliphatic heterocycles. The second-order valence-electron chi connectivity index (χ2n) is 3.53. The molecule has 0 saturated carbocycles. The van der Waals surface area contributed by atoms with Crippen LogP contribution in [-0.4, -0.2) is 0 Å². The largest absolute Gasteiger partial charge is 0.399 e. The fourth-order valence-electron chi connectivity index (χ4n) is 1.39. The first-order valence-corrected chi connectivity index (χ1v) is 4.97. The van der Waals surface area contributed by atoms with Gasteiger partial charge in [0.15, 0.2) is 0 Å². The summed E-state index contributed by atoms with van der Waals surface area (Å²) in [4.78, 5) is 0. The molecule has 0 atom stereocenters. The molecular weight excluding hydrogens is 220 g/mol. The van der Waals surface area contributed by atoms with Crippen LogP contribution in [0, 0.1) is 23.5 Å². The van der Waals surface area contributed by atoms with E-state index in [4.69, 9.17) is 5.73 Å². The van der Waals surface area contributed by atoms with E-state index in [2.05, 4.69) is 11.8 Å². The molecule has 1 nitrogen and oxygen atoms in total. The maximum absolute atomic E-state index is 12.9. The van der Waals surface area contributed by atoms with Gasteiger partial charge in [0.2, 0.25) is 0 Å². The van der Waals surface area contributed by atoms with Crippen molar-refractivity contribution in [1.82, 2.24) is 0 Å². The lowest BCUT2D eigenvalue weighted by Gasteiger charge is -1.94. The highest BCUT2D eigenvalue weighted by Crippen LogP contribution is 2.08. The zero-order valence-electron chi connectivity index (χ0n) is 8.87. The smallest absolute Gasteiger partial charge is 0.127 e. The van der Waals surface area contributed by atoms with Crippen molar-refractivity contribution >= 4 is 5.69 Å². The SMILES string of the molecule is Nc1cccc(C#Cc2cc(F)cc(F)c2)c1. The number of halogens is 2. The van der Waals surface area contributed by atoms with Gasteiger partial charge in [-0.05, 0) is 30.3 Å². The molecule has 2 aromatic carbocycles. The van der Waals surface area contributed by atoms with Gasteiger partial charge in [-0.15, -0.1) is 0 Å². The van der Waals surface area contributed by atoms with Crippen LogP contribution in [0.2, 0.25) is 0 Å². The predicted octanol–water partition coefficient (Wildman–Crippen LogP) is 2.95. The summed E-state index contributed by atoms with van der Waals surface area (Å²) < 4.78 is 25.8. The van der Waals surface area contributed by atoms with Gasteiger partial charge in [-0.2, -0.15) is 0 Å². The summed E-state index contributed by atoms with van der Waals surface area (Å²) in [5.41, 5.74) is 7.19. The Kier molecular flexibility index (Phi) is 3.06. The van der Waals surface area contributed by atoms with E-state index in [9.17, 15) is 8.78 Å². The Morgan fingerprint density at radius 1 is 0.824 bits per heavy atom. The molecule has 0 saturated heterocycles. The summed E-state index contributed by atoms with van der Waals surface area (Å²) >= 11 is 0. The molecule has 0 aromatic heterocycles. The van der Waals surface area contributed by atoms with Crippen LogP contribution in [0.1, 0.15) is 11.1 Å². The Morgan fingerprint density at radius 3 is 2.12 bits per heavy atom. The highest BCUT2D eigenvalue weighted by molar-refractivity contribution is 5.49. The number of hydrogen-bond donors (Lipinski definition) is 1. The van der Waals surface area contributed by atoms with Crippen molar-refractivity contribution in [3.8, 4) is 11.8 Å². The molecule has 17 heavy (non-hydrogen) atoms. The molecule has 2 aromatic rings. The Labute approximate surface area is 97.9 Å². The molecule has 0 fully saturated rings. The van der Waals surface area contributed by atoms with E-state index in [0.29, 0.717) is 16.8 Å². The van der Waals surface area contributed by atoms with Crippen LogP contribution in [-0.2, 0) is 0 Å². The summed E-state index contributed by atoms with van der Waals surface area (Å²) in [5, 5.41) is 0. The maximum Gasteiger partial charge on any atom is 0.127 e. The van der Waals surface area contributed by atoms with Crippen LogP contribution in [0.5, 0.6) is 0 Å². The molecule has 3 heteroatoms. The average Bonchev–Trinajstić information content (AvgIpc) is 2.25. The van der Waals surface area contributed by atoms with E-state index >= 15 is 0 Å². The number of hydrogen-bond acceptors (Lipinski definition) is 1. The lowest BCUT2D eigenvalue weighted by Crippen LogP contribution is -1.85. The third-order valence-corrected chi connectivity index (χ3v) is 2.10. The lowest BCUT2D eigenvalue weighted by atomic mass is 10.1.